The Morgan fingerprint density at radius 1 is 1.67 bits per heavy atom. The second kappa shape index (κ2) is 3.43. The Balaban J connectivity index is 3.29. The van der Waals surface area contributed by atoms with Crippen molar-refractivity contribution < 1.29 is 8.42 Å². The Hall–Kier alpha value is 0.0500. The molecule has 7 heteroatoms. The molecule has 68 valence electrons. The average Bonchev–Trinajstić information content (AvgIpc) is 2.31. The highest BCUT2D eigenvalue weighted by Gasteiger charge is 2.17. The van der Waals surface area contributed by atoms with Gasteiger partial charge in [0.25, 0.3) is 10.0 Å². The zero-order valence-electron chi connectivity index (χ0n) is 6.17. The Morgan fingerprint density at radius 2 is 2.25 bits per heavy atom. The molecule has 0 radical (unpaired) electrons. The van der Waals surface area contributed by atoms with Gasteiger partial charge in [-0.25, -0.2) is 8.42 Å². The first-order valence-corrected chi connectivity index (χ1v) is 6.05. The maximum Gasteiger partial charge on any atom is 0.254 e. The van der Waals surface area contributed by atoms with Crippen LogP contribution in [0.25, 0.3) is 0 Å². The van der Waals surface area contributed by atoms with E-state index in [0.717, 1.165) is 3.79 Å². The summed E-state index contributed by atoms with van der Waals surface area (Å²) in [6.07, 6.45) is 0. The molecule has 1 aromatic rings. The van der Waals surface area contributed by atoms with Crippen LogP contribution in [0.1, 0.15) is 4.88 Å². The third-order valence-corrected chi connectivity index (χ3v) is 4.28. The van der Waals surface area contributed by atoms with Crippen LogP contribution in [0.3, 0.4) is 0 Å². The van der Waals surface area contributed by atoms with E-state index in [2.05, 4.69) is 15.9 Å². The molecule has 0 fully saturated rings. The molecule has 0 amide bonds. The van der Waals surface area contributed by atoms with Crippen LogP contribution in [0.15, 0.2) is 14.7 Å². The van der Waals surface area contributed by atoms with Gasteiger partial charge in [0.1, 0.15) is 0 Å². The lowest BCUT2D eigenvalue weighted by molar-refractivity contribution is 0.584. The summed E-state index contributed by atoms with van der Waals surface area (Å²) in [7, 11) is -3.50. The molecule has 0 aliphatic carbocycles. The van der Waals surface area contributed by atoms with Gasteiger partial charge in [0.15, 0.2) is 0 Å². The van der Waals surface area contributed by atoms with Gasteiger partial charge in [0.2, 0.25) is 0 Å². The summed E-state index contributed by atoms with van der Waals surface area (Å²) in [5.74, 6) is 4.87. The molecule has 0 unspecified atom stereocenters. The summed E-state index contributed by atoms with van der Waals surface area (Å²) in [4.78, 5) is 2.70. The lowest BCUT2D eigenvalue weighted by Crippen LogP contribution is -2.30. The van der Waals surface area contributed by atoms with Crippen LogP contribution in [0.5, 0.6) is 0 Å². The number of nitrogens with one attached hydrogen (secondary N) is 1. The topological polar surface area (TPSA) is 72.2 Å². The van der Waals surface area contributed by atoms with Crippen molar-refractivity contribution in [3.05, 3.63) is 14.7 Å². The van der Waals surface area contributed by atoms with Gasteiger partial charge in [-0.05, 0) is 28.9 Å². The summed E-state index contributed by atoms with van der Waals surface area (Å²) in [5.41, 5.74) is 0. The van der Waals surface area contributed by atoms with Gasteiger partial charge in [-0.15, -0.1) is 11.3 Å². The van der Waals surface area contributed by atoms with Crippen LogP contribution in [-0.2, 0) is 10.0 Å². The maximum absolute atomic E-state index is 11.2. The van der Waals surface area contributed by atoms with E-state index in [1.165, 1.54) is 17.4 Å². The van der Waals surface area contributed by atoms with Crippen LogP contribution in [0.4, 0.5) is 0 Å². The third kappa shape index (κ3) is 1.86. The van der Waals surface area contributed by atoms with Crippen molar-refractivity contribution in [3.63, 3.8) is 0 Å². The minimum absolute atomic E-state index is 0.224. The van der Waals surface area contributed by atoms with Gasteiger partial charge in [-0.1, -0.05) is 0 Å². The molecule has 0 aliphatic heterocycles. The van der Waals surface area contributed by atoms with Crippen molar-refractivity contribution in [2.45, 2.75) is 11.8 Å². The number of hydrogen-bond acceptors (Lipinski definition) is 4. The fourth-order valence-electron chi connectivity index (χ4n) is 0.761. The predicted molar refractivity (Wildman–Crippen MR) is 51.3 cm³/mol. The molecule has 0 spiro atoms. The van der Waals surface area contributed by atoms with Crippen molar-refractivity contribution in [2.75, 3.05) is 0 Å². The Morgan fingerprint density at radius 3 is 2.58 bits per heavy atom. The monoisotopic (exact) mass is 270 g/mol. The molecular weight excluding hydrogens is 264 g/mol. The van der Waals surface area contributed by atoms with E-state index in [4.69, 9.17) is 5.84 Å². The summed E-state index contributed by atoms with van der Waals surface area (Å²) < 4.78 is 23.1. The van der Waals surface area contributed by atoms with E-state index in [1.807, 2.05) is 0 Å². The molecule has 0 bridgehead atoms. The average molecular weight is 271 g/mol. The van der Waals surface area contributed by atoms with E-state index >= 15 is 0 Å². The lowest BCUT2D eigenvalue weighted by atomic mass is 10.5. The lowest BCUT2D eigenvalue weighted by Gasteiger charge is -1.98. The highest BCUT2D eigenvalue weighted by Crippen LogP contribution is 2.28. The highest BCUT2D eigenvalue weighted by atomic mass is 79.9. The van der Waals surface area contributed by atoms with E-state index in [0.29, 0.717) is 4.88 Å². The fourth-order valence-corrected chi connectivity index (χ4v) is 3.81. The quantitative estimate of drug-likeness (QED) is 0.622. The third-order valence-electron chi connectivity index (χ3n) is 1.29. The fraction of sp³-hybridized carbons (Fsp3) is 0.200. The van der Waals surface area contributed by atoms with Crippen LogP contribution in [0, 0.1) is 6.92 Å². The molecule has 4 nitrogen and oxygen atoms in total. The summed E-state index contributed by atoms with van der Waals surface area (Å²) in [6, 6.07) is 1.52. The first-order chi connectivity index (χ1) is 5.47. The first kappa shape index (κ1) is 10.1. The number of halogens is 1. The van der Waals surface area contributed by atoms with Gasteiger partial charge >= 0.3 is 0 Å². The van der Waals surface area contributed by atoms with Gasteiger partial charge in [-0.2, -0.15) is 4.83 Å². The number of rotatable bonds is 2. The number of thiophene rings is 1. The van der Waals surface area contributed by atoms with Crippen molar-refractivity contribution in [1.82, 2.24) is 4.83 Å². The summed E-state index contributed by atoms with van der Waals surface area (Å²) >= 11 is 4.54. The van der Waals surface area contributed by atoms with Crippen LogP contribution >= 0.6 is 27.3 Å². The smallest absolute Gasteiger partial charge is 0.254 e. The van der Waals surface area contributed by atoms with Gasteiger partial charge < -0.3 is 0 Å². The SMILES string of the molecule is Cc1sc(Br)cc1S(=O)(=O)NN. The van der Waals surface area contributed by atoms with Gasteiger partial charge in [0, 0.05) is 4.88 Å². The van der Waals surface area contributed by atoms with Crippen molar-refractivity contribution in [2.24, 2.45) is 5.84 Å². The molecule has 3 N–H and O–H groups in total. The van der Waals surface area contributed by atoms with Crippen LogP contribution < -0.4 is 10.7 Å². The van der Waals surface area contributed by atoms with Gasteiger partial charge in [0.05, 0.1) is 8.68 Å². The Labute approximate surface area is 82.9 Å². The minimum atomic E-state index is -3.50. The molecule has 12 heavy (non-hydrogen) atoms. The molecule has 0 saturated carbocycles. The zero-order valence-corrected chi connectivity index (χ0v) is 9.38. The van der Waals surface area contributed by atoms with Crippen molar-refractivity contribution in [3.8, 4) is 0 Å². The van der Waals surface area contributed by atoms with E-state index in [9.17, 15) is 8.42 Å². The summed E-state index contributed by atoms with van der Waals surface area (Å²) in [5, 5.41) is 0. The molecule has 0 aromatic carbocycles. The van der Waals surface area contributed by atoms with Crippen molar-refractivity contribution >= 4 is 37.3 Å². The standard InChI is InChI=1S/C5H7BrN2O2S2/c1-3-4(2-5(6)11-3)12(9,10)8-7/h2,8H,7H2,1H3. The maximum atomic E-state index is 11.2. The van der Waals surface area contributed by atoms with E-state index in [1.54, 1.807) is 11.8 Å². The minimum Gasteiger partial charge on any atom is -0.257 e. The number of nitrogens with two attached hydrogens (primary N) is 1. The van der Waals surface area contributed by atoms with E-state index in [-0.39, 0.29) is 4.90 Å². The van der Waals surface area contributed by atoms with Crippen LogP contribution in [0.2, 0.25) is 0 Å². The van der Waals surface area contributed by atoms with E-state index < -0.39 is 10.0 Å². The number of hydrogen-bond donors (Lipinski definition) is 2. The molecule has 1 rings (SSSR count). The molecule has 1 heterocycles. The molecule has 1 aromatic heterocycles. The first-order valence-electron chi connectivity index (χ1n) is 2.95. The second-order valence-electron chi connectivity index (χ2n) is 2.09. The molecule has 0 saturated heterocycles. The second-order valence-corrected chi connectivity index (χ2v) is 6.41. The van der Waals surface area contributed by atoms with Crippen molar-refractivity contribution in [1.29, 1.82) is 0 Å². The van der Waals surface area contributed by atoms with Gasteiger partial charge in [-0.3, -0.25) is 5.84 Å². The van der Waals surface area contributed by atoms with Crippen LogP contribution in [-0.4, -0.2) is 8.42 Å². The molecule has 0 atom stereocenters. The molecular formula is C5H7BrN2O2S2. The number of aryl methyl sites for hydroxylation is 1. The predicted octanol–water partition coefficient (Wildman–Crippen LogP) is 0.971. The molecule has 0 aliphatic rings. The zero-order chi connectivity index (χ0) is 9.35. The largest absolute Gasteiger partial charge is 0.257 e. The number of hydrazine groups is 1. The highest BCUT2D eigenvalue weighted by molar-refractivity contribution is 9.11. The Bertz CT molecular complexity index is 384. The number of sulfonamides is 1. The Kier molecular flexibility index (Phi) is 2.89. The summed E-state index contributed by atoms with van der Waals surface area (Å²) in [6.45, 7) is 1.72. The normalized spacial score (nSPS) is 11.9.